The quantitative estimate of drug-likeness (QED) is 0.382. The number of rotatable bonds is 8. The van der Waals surface area contributed by atoms with Crippen LogP contribution in [0.25, 0.3) is 16.9 Å². The molecule has 1 amide bonds. The molecule has 0 spiro atoms. The fraction of sp³-hybridized carbons (Fsp3) is 0.296. The first-order chi connectivity index (χ1) is 17.1. The maximum Gasteiger partial charge on any atom is 0.249 e. The predicted molar refractivity (Wildman–Crippen MR) is 135 cm³/mol. The first-order valence-corrected chi connectivity index (χ1v) is 12.1. The van der Waals surface area contributed by atoms with E-state index in [1.807, 2.05) is 42.5 Å². The molecule has 2 fully saturated rings. The van der Waals surface area contributed by atoms with Crippen LogP contribution in [0.3, 0.4) is 0 Å². The van der Waals surface area contributed by atoms with Gasteiger partial charge in [-0.15, -0.1) is 5.10 Å². The second-order valence-electron chi connectivity index (χ2n) is 9.52. The van der Waals surface area contributed by atoms with Gasteiger partial charge in [-0.25, -0.2) is 4.52 Å². The fourth-order valence-corrected chi connectivity index (χ4v) is 4.46. The van der Waals surface area contributed by atoms with Crippen LogP contribution in [0.1, 0.15) is 18.4 Å². The second kappa shape index (κ2) is 9.03. The predicted octanol–water partition coefficient (Wildman–Crippen LogP) is 3.84. The highest BCUT2D eigenvalue weighted by Gasteiger charge is 2.30. The van der Waals surface area contributed by atoms with Crippen molar-refractivity contribution in [3.05, 3.63) is 72.3 Å². The number of ether oxygens (including phenoxy) is 1. The van der Waals surface area contributed by atoms with Crippen LogP contribution in [-0.4, -0.2) is 45.1 Å². The van der Waals surface area contributed by atoms with E-state index in [-0.39, 0.29) is 11.8 Å². The highest BCUT2D eigenvalue weighted by Crippen LogP contribution is 2.30. The largest absolute Gasteiger partial charge is 0.493 e. The smallest absolute Gasteiger partial charge is 0.249 e. The number of nitrogens with two attached hydrogens (primary N) is 1. The van der Waals surface area contributed by atoms with Gasteiger partial charge < -0.3 is 10.5 Å². The topological polar surface area (TPSA) is 97.8 Å². The second-order valence-corrected chi connectivity index (χ2v) is 9.52. The van der Waals surface area contributed by atoms with Crippen LogP contribution in [0.4, 0.5) is 11.6 Å². The van der Waals surface area contributed by atoms with E-state index in [0.717, 1.165) is 61.8 Å². The number of aromatic nitrogens is 3. The summed E-state index contributed by atoms with van der Waals surface area (Å²) in [5, 5.41) is 7.37. The van der Waals surface area contributed by atoms with E-state index in [9.17, 15) is 4.79 Å². The summed E-state index contributed by atoms with van der Waals surface area (Å²) >= 11 is 0. The molecule has 2 aromatic carbocycles. The van der Waals surface area contributed by atoms with Crippen molar-refractivity contribution in [2.75, 3.05) is 30.7 Å². The number of hydrogen-bond acceptors (Lipinski definition) is 6. The van der Waals surface area contributed by atoms with Gasteiger partial charge in [0.2, 0.25) is 11.9 Å². The molecular weight excluding hydrogens is 440 g/mol. The number of carbonyl (C=O) groups is 1. The first kappa shape index (κ1) is 21.6. The summed E-state index contributed by atoms with van der Waals surface area (Å²) in [6.45, 7) is 3.71. The molecule has 1 saturated heterocycles. The zero-order chi connectivity index (χ0) is 23.8. The monoisotopic (exact) mass is 468 g/mol. The third kappa shape index (κ3) is 4.83. The van der Waals surface area contributed by atoms with Crippen LogP contribution < -0.4 is 15.8 Å². The summed E-state index contributed by atoms with van der Waals surface area (Å²) in [7, 11) is 0. The standard InChI is InChI=1S/C27H28N6O2/c28-22-10-12-23(13-11-22)35-17-19-15-32(16-19)14-18-4-6-20(7-5-18)24-2-1-3-25-29-27(31-33(24)25)30-26(34)21-8-9-21/h1-7,10-13,19,21H,8-9,14-17,28H2,(H,30,31,34). The summed E-state index contributed by atoms with van der Waals surface area (Å²) in [5.41, 5.74) is 10.5. The Hall–Kier alpha value is -3.91. The maximum absolute atomic E-state index is 12.1. The van der Waals surface area contributed by atoms with Crippen molar-refractivity contribution in [3.63, 3.8) is 0 Å². The number of fused-ring (bicyclic) bond motifs is 1. The number of carbonyl (C=O) groups excluding carboxylic acids is 1. The zero-order valence-corrected chi connectivity index (χ0v) is 19.4. The number of nitrogens with zero attached hydrogens (tertiary/aromatic N) is 4. The minimum absolute atomic E-state index is 0.0110. The van der Waals surface area contributed by atoms with Crippen LogP contribution in [-0.2, 0) is 11.3 Å². The molecule has 2 aromatic heterocycles. The van der Waals surface area contributed by atoms with Crippen molar-refractivity contribution >= 4 is 23.2 Å². The molecular formula is C27H28N6O2. The van der Waals surface area contributed by atoms with E-state index >= 15 is 0 Å². The van der Waals surface area contributed by atoms with Gasteiger partial charge in [0, 0.05) is 42.7 Å². The van der Waals surface area contributed by atoms with Gasteiger partial charge in [-0.1, -0.05) is 30.3 Å². The van der Waals surface area contributed by atoms with Crippen LogP contribution in [0.5, 0.6) is 5.75 Å². The van der Waals surface area contributed by atoms with Crippen molar-refractivity contribution in [3.8, 4) is 17.0 Å². The van der Waals surface area contributed by atoms with Crippen molar-refractivity contribution in [2.45, 2.75) is 19.4 Å². The van der Waals surface area contributed by atoms with Crippen LogP contribution in [0.15, 0.2) is 66.7 Å². The van der Waals surface area contributed by atoms with Crippen molar-refractivity contribution < 1.29 is 9.53 Å². The number of pyridine rings is 1. The molecule has 8 nitrogen and oxygen atoms in total. The molecule has 178 valence electrons. The third-order valence-corrected chi connectivity index (χ3v) is 6.60. The van der Waals surface area contributed by atoms with E-state index in [0.29, 0.717) is 17.5 Å². The van der Waals surface area contributed by atoms with E-state index < -0.39 is 0 Å². The molecule has 6 rings (SSSR count). The highest BCUT2D eigenvalue weighted by atomic mass is 16.5. The number of amides is 1. The Balaban J connectivity index is 1.05. The summed E-state index contributed by atoms with van der Waals surface area (Å²) in [6, 6.07) is 22.0. The Bertz CT molecular complexity index is 1340. The Kier molecular flexibility index (Phi) is 5.58. The third-order valence-electron chi connectivity index (χ3n) is 6.60. The van der Waals surface area contributed by atoms with Gasteiger partial charge in [-0.05, 0) is 54.8 Å². The molecule has 0 atom stereocenters. The Morgan fingerprint density at radius 2 is 1.80 bits per heavy atom. The molecule has 2 aliphatic rings. The van der Waals surface area contributed by atoms with Gasteiger partial charge in [-0.3, -0.25) is 15.0 Å². The Morgan fingerprint density at radius 3 is 2.54 bits per heavy atom. The van der Waals surface area contributed by atoms with Gasteiger partial charge in [0.15, 0.2) is 5.65 Å². The van der Waals surface area contributed by atoms with Crippen LogP contribution in [0, 0.1) is 11.8 Å². The van der Waals surface area contributed by atoms with E-state index in [2.05, 4.69) is 44.6 Å². The minimum atomic E-state index is 0.0110. The van der Waals surface area contributed by atoms with E-state index in [4.69, 9.17) is 10.5 Å². The molecule has 3 N–H and O–H groups in total. The van der Waals surface area contributed by atoms with Gasteiger partial charge in [0.25, 0.3) is 0 Å². The normalized spacial score (nSPS) is 16.2. The zero-order valence-electron chi connectivity index (χ0n) is 19.4. The molecule has 0 radical (unpaired) electrons. The Morgan fingerprint density at radius 1 is 1.03 bits per heavy atom. The lowest BCUT2D eigenvalue weighted by Gasteiger charge is -2.39. The molecule has 3 heterocycles. The van der Waals surface area contributed by atoms with Crippen LogP contribution in [0.2, 0.25) is 0 Å². The summed E-state index contributed by atoms with van der Waals surface area (Å²) in [5.74, 6) is 1.90. The SMILES string of the molecule is Nc1ccc(OCC2CN(Cc3ccc(-c4cccc5nc(NC(=O)C6CC6)nn45)cc3)C2)cc1. The first-order valence-electron chi connectivity index (χ1n) is 12.1. The molecule has 1 saturated carbocycles. The number of nitrogens with one attached hydrogen (secondary N) is 1. The van der Waals surface area contributed by atoms with E-state index in [1.165, 1.54) is 5.56 Å². The number of benzene rings is 2. The van der Waals surface area contributed by atoms with Gasteiger partial charge in [0.1, 0.15) is 5.75 Å². The minimum Gasteiger partial charge on any atom is -0.493 e. The average molecular weight is 469 g/mol. The number of nitrogen functional groups attached to an aromatic ring is 1. The lowest BCUT2D eigenvalue weighted by molar-refractivity contribution is -0.117. The molecule has 1 aliphatic heterocycles. The molecule has 0 unspecified atom stereocenters. The number of hydrogen-bond donors (Lipinski definition) is 2. The number of anilines is 2. The van der Waals surface area contributed by atoms with Gasteiger partial charge >= 0.3 is 0 Å². The molecule has 1 aliphatic carbocycles. The van der Waals surface area contributed by atoms with Crippen molar-refractivity contribution in [1.82, 2.24) is 19.5 Å². The van der Waals surface area contributed by atoms with Crippen LogP contribution >= 0.6 is 0 Å². The molecule has 0 bridgehead atoms. The average Bonchev–Trinajstić information content (AvgIpc) is 3.62. The Labute approximate surface area is 203 Å². The summed E-state index contributed by atoms with van der Waals surface area (Å²) in [4.78, 5) is 19.0. The van der Waals surface area contributed by atoms with E-state index in [1.54, 1.807) is 4.52 Å². The molecule has 35 heavy (non-hydrogen) atoms. The maximum atomic E-state index is 12.1. The lowest BCUT2D eigenvalue weighted by Crippen LogP contribution is -2.48. The molecule has 4 aromatic rings. The van der Waals surface area contributed by atoms with Gasteiger partial charge in [0.05, 0.1) is 12.3 Å². The van der Waals surface area contributed by atoms with Gasteiger partial charge in [-0.2, -0.15) is 4.98 Å². The lowest BCUT2D eigenvalue weighted by atomic mass is 10.00. The van der Waals surface area contributed by atoms with Crippen molar-refractivity contribution in [1.29, 1.82) is 0 Å². The number of likely N-dealkylation sites (tertiary alicyclic amines) is 1. The van der Waals surface area contributed by atoms with Crippen molar-refractivity contribution in [2.24, 2.45) is 11.8 Å². The summed E-state index contributed by atoms with van der Waals surface area (Å²) < 4.78 is 7.67. The molecule has 8 heteroatoms. The highest BCUT2D eigenvalue weighted by molar-refractivity contribution is 5.92. The summed E-state index contributed by atoms with van der Waals surface area (Å²) in [6.07, 6.45) is 1.90. The fourth-order valence-electron chi connectivity index (χ4n) is 4.46.